The van der Waals surface area contributed by atoms with E-state index in [1.165, 1.54) is 6.07 Å². The van der Waals surface area contributed by atoms with Crippen LogP contribution in [0.4, 0.5) is 10.1 Å². The lowest BCUT2D eigenvalue weighted by Gasteiger charge is -2.15. The van der Waals surface area contributed by atoms with Gasteiger partial charge in [-0.1, -0.05) is 46.9 Å². The summed E-state index contributed by atoms with van der Waals surface area (Å²) in [6, 6.07) is 15.6. The third kappa shape index (κ3) is 5.07. The number of rotatable bonds is 6. The molecule has 0 aromatic heterocycles. The van der Waals surface area contributed by atoms with Crippen molar-refractivity contribution in [3.05, 3.63) is 92.2 Å². The standard InChI is InChI=1S/C21H17Cl3FNO/c1-13-5-7-16(10-19(13)24)26-11-14-9-15(22)6-8-21(14)27-12-17-18(23)3-2-4-20(17)25/h2-10,26H,11-12H2,1H3. The molecule has 27 heavy (non-hydrogen) atoms. The molecule has 3 aromatic rings. The van der Waals surface area contributed by atoms with Gasteiger partial charge in [-0.05, 0) is 55.0 Å². The highest BCUT2D eigenvalue weighted by atomic mass is 35.5. The van der Waals surface area contributed by atoms with Crippen LogP contribution in [0.5, 0.6) is 5.75 Å². The Morgan fingerprint density at radius 3 is 2.52 bits per heavy atom. The van der Waals surface area contributed by atoms with E-state index in [2.05, 4.69) is 5.32 Å². The van der Waals surface area contributed by atoms with Crippen molar-refractivity contribution in [3.8, 4) is 5.75 Å². The number of hydrogen-bond acceptors (Lipinski definition) is 2. The topological polar surface area (TPSA) is 21.3 Å². The van der Waals surface area contributed by atoms with Crippen molar-refractivity contribution in [1.29, 1.82) is 0 Å². The van der Waals surface area contributed by atoms with E-state index in [0.717, 1.165) is 16.8 Å². The minimum atomic E-state index is -0.398. The molecule has 0 heterocycles. The first-order valence-corrected chi connectivity index (χ1v) is 9.41. The summed E-state index contributed by atoms with van der Waals surface area (Å²) in [5.41, 5.74) is 3.05. The van der Waals surface area contributed by atoms with E-state index in [1.807, 2.05) is 31.2 Å². The van der Waals surface area contributed by atoms with Crippen LogP contribution in [0.1, 0.15) is 16.7 Å². The van der Waals surface area contributed by atoms with Gasteiger partial charge >= 0.3 is 0 Å². The van der Waals surface area contributed by atoms with E-state index >= 15 is 0 Å². The van der Waals surface area contributed by atoms with Crippen molar-refractivity contribution in [2.75, 3.05) is 5.32 Å². The molecular formula is C21H17Cl3FNO. The molecule has 6 heteroatoms. The summed E-state index contributed by atoms with van der Waals surface area (Å²) in [6.45, 7) is 2.44. The van der Waals surface area contributed by atoms with E-state index in [0.29, 0.717) is 32.9 Å². The van der Waals surface area contributed by atoms with Gasteiger partial charge in [0, 0.05) is 33.4 Å². The molecule has 0 aliphatic heterocycles. The van der Waals surface area contributed by atoms with E-state index in [4.69, 9.17) is 39.5 Å². The van der Waals surface area contributed by atoms with Crippen LogP contribution in [0.25, 0.3) is 0 Å². The number of anilines is 1. The van der Waals surface area contributed by atoms with E-state index in [1.54, 1.807) is 24.3 Å². The number of halogens is 4. The molecule has 1 N–H and O–H groups in total. The Labute approximate surface area is 172 Å². The molecule has 140 valence electrons. The largest absolute Gasteiger partial charge is 0.488 e. The molecule has 0 saturated carbocycles. The Bertz CT molecular complexity index is 942. The van der Waals surface area contributed by atoms with Gasteiger partial charge in [-0.2, -0.15) is 0 Å². The van der Waals surface area contributed by atoms with Crippen molar-refractivity contribution >= 4 is 40.5 Å². The van der Waals surface area contributed by atoms with Gasteiger partial charge in [-0.25, -0.2) is 4.39 Å². The van der Waals surface area contributed by atoms with Gasteiger partial charge in [-0.3, -0.25) is 0 Å². The SMILES string of the molecule is Cc1ccc(NCc2cc(Cl)ccc2OCc2c(F)cccc2Cl)cc1Cl. The van der Waals surface area contributed by atoms with Crippen molar-refractivity contribution < 1.29 is 9.13 Å². The molecular weight excluding hydrogens is 408 g/mol. The average Bonchev–Trinajstić information content (AvgIpc) is 2.63. The van der Waals surface area contributed by atoms with Gasteiger partial charge in [0.05, 0.1) is 5.02 Å². The zero-order chi connectivity index (χ0) is 19.4. The van der Waals surface area contributed by atoms with E-state index in [-0.39, 0.29) is 6.61 Å². The molecule has 0 bridgehead atoms. The van der Waals surface area contributed by atoms with Gasteiger partial charge < -0.3 is 10.1 Å². The summed E-state index contributed by atoms with van der Waals surface area (Å²) in [5, 5.41) is 4.91. The molecule has 3 rings (SSSR count). The number of ether oxygens (including phenoxy) is 1. The van der Waals surface area contributed by atoms with Gasteiger partial charge in [0.1, 0.15) is 18.2 Å². The second kappa shape index (κ2) is 8.83. The van der Waals surface area contributed by atoms with Gasteiger partial charge in [0.15, 0.2) is 0 Å². The predicted molar refractivity (Wildman–Crippen MR) is 111 cm³/mol. The molecule has 0 atom stereocenters. The first-order chi connectivity index (χ1) is 12.9. The smallest absolute Gasteiger partial charge is 0.131 e. The second-order valence-corrected chi connectivity index (χ2v) is 7.31. The summed E-state index contributed by atoms with van der Waals surface area (Å²) in [6.07, 6.45) is 0. The van der Waals surface area contributed by atoms with Crippen molar-refractivity contribution in [1.82, 2.24) is 0 Å². The molecule has 0 fully saturated rings. The highest BCUT2D eigenvalue weighted by Crippen LogP contribution is 2.27. The maximum Gasteiger partial charge on any atom is 0.131 e. The van der Waals surface area contributed by atoms with Gasteiger partial charge in [0.25, 0.3) is 0 Å². The fraction of sp³-hybridized carbons (Fsp3) is 0.143. The first-order valence-electron chi connectivity index (χ1n) is 8.28. The Balaban J connectivity index is 1.75. The van der Waals surface area contributed by atoms with E-state index in [9.17, 15) is 4.39 Å². The predicted octanol–water partition coefficient (Wildman–Crippen LogP) is 7.29. The first kappa shape index (κ1) is 19.8. The fourth-order valence-corrected chi connectivity index (χ4v) is 3.14. The Morgan fingerprint density at radius 2 is 1.78 bits per heavy atom. The highest BCUT2D eigenvalue weighted by molar-refractivity contribution is 6.32. The van der Waals surface area contributed by atoms with Crippen LogP contribution in [0.15, 0.2) is 54.6 Å². The summed E-state index contributed by atoms with van der Waals surface area (Å²) < 4.78 is 19.8. The number of benzene rings is 3. The Morgan fingerprint density at radius 1 is 0.963 bits per heavy atom. The van der Waals surface area contributed by atoms with Crippen LogP contribution < -0.4 is 10.1 Å². The Hall–Kier alpha value is -1.94. The quantitative estimate of drug-likeness (QED) is 0.449. The third-order valence-corrected chi connectivity index (χ3v) is 5.11. The molecule has 0 amide bonds. The molecule has 0 saturated heterocycles. The zero-order valence-electron chi connectivity index (χ0n) is 14.5. The van der Waals surface area contributed by atoms with Crippen molar-refractivity contribution in [3.63, 3.8) is 0 Å². The summed E-state index contributed by atoms with van der Waals surface area (Å²) in [4.78, 5) is 0. The van der Waals surface area contributed by atoms with Crippen LogP contribution in [0.2, 0.25) is 15.1 Å². The zero-order valence-corrected chi connectivity index (χ0v) is 16.8. The number of hydrogen-bond donors (Lipinski definition) is 1. The van der Waals surface area contributed by atoms with Crippen LogP contribution in [-0.4, -0.2) is 0 Å². The number of nitrogens with one attached hydrogen (secondary N) is 1. The van der Waals surface area contributed by atoms with Gasteiger partial charge in [-0.15, -0.1) is 0 Å². The minimum absolute atomic E-state index is 0.0243. The lowest BCUT2D eigenvalue weighted by molar-refractivity contribution is 0.297. The lowest BCUT2D eigenvalue weighted by atomic mass is 10.1. The van der Waals surface area contributed by atoms with Crippen LogP contribution in [0, 0.1) is 12.7 Å². The molecule has 0 spiro atoms. The molecule has 0 unspecified atom stereocenters. The summed E-state index contributed by atoms with van der Waals surface area (Å²) in [5.74, 6) is 0.204. The van der Waals surface area contributed by atoms with Crippen LogP contribution in [0.3, 0.4) is 0 Å². The molecule has 2 nitrogen and oxygen atoms in total. The summed E-state index contributed by atoms with van der Waals surface area (Å²) >= 11 is 18.4. The Kier molecular flexibility index (Phi) is 6.48. The maximum atomic E-state index is 13.9. The highest BCUT2D eigenvalue weighted by Gasteiger charge is 2.11. The molecule has 3 aromatic carbocycles. The van der Waals surface area contributed by atoms with E-state index < -0.39 is 5.82 Å². The minimum Gasteiger partial charge on any atom is -0.488 e. The third-order valence-electron chi connectivity index (χ3n) is 4.11. The normalized spacial score (nSPS) is 10.7. The van der Waals surface area contributed by atoms with Crippen LogP contribution in [-0.2, 0) is 13.2 Å². The van der Waals surface area contributed by atoms with Crippen LogP contribution >= 0.6 is 34.8 Å². The average molecular weight is 425 g/mol. The molecule has 0 aliphatic rings. The van der Waals surface area contributed by atoms with Crippen molar-refractivity contribution in [2.24, 2.45) is 0 Å². The molecule has 0 aliphatic carbocycles. The second-order valence-electron chi connectivity index (χ2n) is 6.06. The molecule has 0 radical (unpaired) electrons. The van der Waals surface area contributed by atoms with Crippen molar-refractivity contribution in [2.45, 2.75) is 20.1 Å². The summed E-state index contributed by atoms with van der Waals surface area (Å²) in [7, 11) is 0. The number of aryl methyl sites for hydroxylation is 1. The maximum absolute atomic E-state index is 13.9. The van der Waals surface area contributed by atoms with Gasteiger partial charge in [0.2, 0.25) is 0 Å². The fourth-order valence-electron chi connectivity index (χ4n) is 2.55. The monoisotopic (exact) mass is 423 g/mol. The lowest BCUT2D eigenvalue weighted by Crippen LogP contribution is -2.05.